The summed E-state index contributed by atoms with van der Waals surface area (Å²) in [6.07, 6.45) is 5.47. The maximum absolute atomic E-state index is 11.6. The molecule has 1 aliphatic rings. The van der Waals surface area contributed by atoms with Crippen LogP contribution in [0.25, 0.3) is 0 Å². The molecule has 5 nitrogen and oxygen atoms in total. The van der Waals surface area contributed by atoms with Gasteiger partial charge in [-0.05, 0) is 45.1 Å². The minimum absolute atomic E-state index is 0.172. The molecule has 0 aromatic carbocycles. The van der Waals surface area contributed by atoms with Crippen molar-refractivity contribution in [2.45, 2.75) is 82.9 Å². The van der Waals surface area contributed by atoms with E-state index in [0.29, 0.717) is 13.2 Å². The van der Waals surface area contributed by atoms with Crippen LogP contribution in [0.5, 0.6) is 0 Å². The number of nitrogens with one attached hydrogen (secondary N) is 2. The molecule has 1 saturated carbocycles. The van der Waals surface area contributed by atoms with Crippen LogP contribution < -0.4 is 10.6 Å². The lowest BCUT2D eigenvalue weighted by Crippen LogP contribution is -2.51. The zero-order valence-electron chi connectivity index (χ0n) is 14.7. The summed E-state index contributed by atoms with van der Waals surface area (Å²) in [5.74, 6) is 0. The van der Waals surface area contributed by atoms with Crippen molar-refractivity contribution >= 4 is 14.2 Å². The summed E-state index contributed by atoms with van der Waals surface area (Å²) in [5.41, 5.74) is -0.713. The molecule has 0 aromatic heterocycles. The molecule has 22 heavy (non-hydrogen) atoms. The Morgan fingerprint density at radius 2 is 1.91 bits per heavy atom. The second kappa shape index (κ2) is 8.89. The van der Waals surface area contributed by atoms with Crippen LogP contribution >= 0.6 is 0 Å². The van der Waals surface area contributed by atoms with Gasteiger partial charge in [0.05, 0.1) is 6.61 Å². The molecule has 6 heteroatoms. The molecule has 0 heterocycles. The first-order chi connectivity index (χ1) is 10.2. The number of carbonyl (C=O) groups excluding carboxylic acids is 1. The van der Waals surface area contributed by atoms with Crippen molar-refractivity contribution in [3.05, 3.63) is 0 Å². The van der Waals surface area contributed by atoms with Crippen LogP contribution in [0.15, 0.2) is 0 Å². The standard InChI is InChI=1S/C16H34N2O3Si/c1-14(18-16(20)9-6-5-7-10-16)8-11-17-15(19)21-12-13-22(2,3)4/h14,18,20H,5-13H2,1-4H3,(H,17,19). The minimum Gasteiger partial charge on any atom is -0.450 e. The highest BCUT2D eigenvalue weighted by Gasteiger charge is 2.29. The van der Waals surface area contributed by atoms with Crippen molar-refractivity contribution in [3.8, 4) is 0 Å². The van der Waals surface area contributed by atoms with Crippen molar-refractivity contribution in [3.63, 3.8) is 0 Å². The Morgan fingerprint density at radius 1 is 1.27 bits per heavy atom. The Hall–Kier alpha value is -0.593. The Balaban J connectivity index is 2.11. The van der Waals surface area contributed by atoms with E-state index in [9.17, 15) is 9.90 Å². The van der Waals surface area contributed by atoms with Gasteiger partial charge >= 0.3 is 6.09 Å². The van der Waals surface area contributed by atoms with E-state index in [4.69, 9.17) is 4.74 Å². The molecular formula is C16H34N2O3Si. The van der Waals surface area contributed by atoms with Crippen LogP contribution in [0.4, 0.5) is 4.79 Å². The van der Waals surface area contributed by atoms with Crippen molar-refractivity contribution in [1.82, 2.24) is 10.6 Å². The topological polar surface area (TPSA) is 70.6 Å². The van der Waals surface area contributed by atoms with Crippen molar-refractivity contribution in [2.75, 3.05) is 13.2 Å². The summed E-state index contributed by atoms with van der Waals surface area (Å²) in [6, 6.07) is 1.16. The first-order valence-corrected chi connectivity index (χ1v) is 12.3. The van der Waals surface area contributed by atoms with Crippen molar-refractivity contribution < 1.29 is 14.6 Å². The fraction of sp³-hybridized carbons (Fsp3) is 0.938. The van der Waals surface area contributed by atoms with Gasteiger partial charge in [-0.25, -0.2) is 4.79 Å². The van der Waals surface area contributed by atoms with Crippen LogP contribution in [0.3, 0.4) is 0 Å². The molecule has 1 amide bonds. The third-order valence-electron chi connectivity index (χ3n) is 4.13. The summed E-state index contributed by atoms with van der Waals surface area (Å²) in [5, 5.41) is 16.5. The number of hydrogen-bond donors (Lipinski definition) is 3. The average molecular weight is 331 g/mol. The highest BCUT2D eigenvalue weighted by atomic mass is 28.3. The molecule has 0 saturated heterocycles. The third kappa shape index (κ3) is 8.75. The molecule has 0 spiro atoms. The summed E-state index contributed by atoms with van der Waals surface area (Å²) >= 11 is 0. The van der Waals surface area contributed by atoms with Crippen molar-refractivity contribution in [1.29, 1.82) is 0 Å². The Kier molecular flexibility index (Phi) is 7.86. The van der Waals surface area contributed by atoms with Gasteiger partial charge in [-0.2, -0.15) is 0 Å². The Bertz CT molecular complexity index is 339. The lowest BCUT2D eigenvalue weighted by Gasteiger charge is -2.35. The lowest BCUT2D eigenvalue weighted by molar-refractivity contribution is -0.0365. The van der Waals surface area contributed by atoms with Gasteiger partial charge in [0.1, 0.15) is 5.72 Å². The number of aliphatic hydroxyl groups is 1. The summed E-state index contributed by atoms with van der Waals surface area (Å²) in [6.45, 7) is 9.91. The second-order valence-corrected chi connectivity index (χ2v) is 13.4. The maximum Gasteiger partial charge on any atom is 0.407 e. The van der Waals surface area contributed by atoms with Gasteiger partial charge in [0.25, 0.3) is 0 Å². The first kappa shape index (κ1) is 19.5. The van der Waals surface area contributed by atoms with Crippen LogP contribution in [0.1, 0.15) is 45.4 Å². The van der Waals surface area contributed by atoms with Crippen LogP contribution in [-0.2, 0) is 4.74 Å². The van der Waals surface area contributed by atoms with Gasteiger partial charge in [0.15, 0.2) is 0 Å². The molecule has 3 N–H and O–H groups in total. The van der Waals surface area contributed by atoms with E-state index < -0.39 is 13.8 Å². The lowest BCUT2D eigenvalue weighted by atomic mass is 9.91. The smallest absolute Gasteiger partial charge is 0.407 e. The molecule has 1 rings (SSSR count). The van der Waals surface area contributed by atoms with Crippen LogP contribution in [0, 0.1) is 0 Å². The Labute approximate surface area is 136 Å². The number of alkyl carbamates (subject to hydrolysis) is 1. The Morgan fingerprint density at radius 3 is 2.50 bits per heavy atom. The largest absolute Gasteiger partial charge is 0.450 e. The maximum atomic E-state index is 11.6. The summed E-state index contributed by atoms with van der Waals surface area (Å²) in [7, 11) is -1.15. The van der Waals surface area contributed by atoms with Gasteiger partial charge in [-0.1, -0.05) is 26.1 Å². The number of ether oxygens (including phenoxy) is 1. The highest BCUT2D eigenvalue weighted by molar-refractivity contribution is 6.76. The van der Waals surface area contributed by atoms with Gasteiger partial charge in [-0.3, -0.25) is 5.32 Å². The van der Waals surface area contributed by atoms with Gasteiger partial charge in [-0.15, -0.1) is 0 Å². The van der Waals surface area contributed by atoms with E-state index in [1.807, 2.05) is 6.92 Å². The van der Waals surface area contributed by atoms with Gasteiger partial charge in [0, 0.05) is 20.7 Å². The second-order valence-electron chi connectivity index (χ2n) is 7.80. The first-order valence-electron chi connectivity index (χ1n) is 8.61. The normalized spacial score (nSPS) is 19.5. The van der Waals surface area contributed by atoms with E-state index in [-0.39, 0.29) is 12.1 Å². The molecule has 0 aliphatic heterocycles. The predicted octanol–water partition coefficient (Wildman–Crippen LogP) is 3.07. The SMILES string of the molecule is CC(CCNC(=O)OCC[Si](C)(C)C)NC1(O)CCCCC1. The molecule has 1 atom stereocenters. The van der Waals surface area contributed by atoms with Gasteiger partial charge < -0.3 is 15.2 Å². The monoisotopic (exact) mass is 330 g/mol. The number of rotatable bonds is 8. The molecular weight excluding hydrogens is 296 g/mol. The molecule has 0 bridgehead atoms. The number of hydrogen-bond acceptors (Lipinski definition) is 4. The molecule has 130 valence electrons. The zero-order chi connectivity index (χ0) is 16.6. The van der Waals surface area contributed by atoms with Gasteiger partial charge in [0.2, 0.25) is 0 Å². The fourth-order valence-corrected chi connectivity index (χ4v) is 3.42. The summed E-state index contributed by atoms with van der Waals surface area (Å²) in [4.78, 5) is 11.6. The van der Waals surface area contributed by atoms with Crippen molar-refractivity contribution in [2.24, 2.45) is 0 Å². The van der Waals surface area contributed by atoms with E-state index in [2.05, 4.69) is 30.3 Å². The van der Waals surface area contributed by atoms with E-state index in [0.717, 1.165) is 38.1 Å². The third-order valence-corrected chi connectivity index (χ3v) is 5.83. The predicted molar refractivity (Wildman–Crippen MR) is 92.8 cm³/mol. The average Bonchev–Trinajstić information content (AvgIpc) is 2.37. The quantitative estimate of drug-likeness (QED) is 0.472. The fourth-order valence-electron chi connectivity index (χ4n) is 2.70. The number of carbonyl (C=O) groups is 1. The van der Waals surface area contributed by atoms with E-state index >= 15 is 0 Å². The molecule has 1 aliphatic carbocycles. The molecule has 1 fully saturated rings. The van der Waals surface area contributed by atoms with E-state index in [1.165, 1.54) is 6.42 Å². The zero-order valence-corrected chi connectivity index (χ0v) is 15.7. The summed E-state index contributed by atoms with van der Waals surface area (Å²) < 4.78 is 5.18. The number of amides is 1. The minimum atomic E-state index is -1.15. The molecule has 1 unspecified atom stereocenters. The van der Waals surface area contributed by atoms with Crippen LogP contribution in [-0.4, -0.2) is 44.2 Å². The van der Waals surface area contributed by atoms with Crippen LogP contribution in [0.2, 0.25) is 25.7 Å². The molecule has 0 radical (unpaired) electrons. The molecule has 0 aromatic rings. The van der Waals surface area contributed by atoms with E-state index in [1.54, 1.807) is 0 Å². The highest BCUT2D eigenvalue weighted by Crippen LogP contribution is 2.26.